The second-order valence-corrected chi connectivity index (χ2v) is 12.5. The molecular weight excluding hydrogens is 275 g/mol. The van der Waals surface area contributed by atoms with Crippen molar-refractivity contribution in [3.63, 3.8) is 0 Å². The third-order valence-corrected chi connectivity index (χ3v) is 8.06. The van der Waals surface area contributed by atoms with Gasteiger partial charge in [-0.25, -0.2) is 0 Å². The van der Waals surface area contributed by atoms with Gasteiger partial charge in [0, 0.05) is 11.1 Å². The molecule has 1 saturated heterocycles. The molecule has 1 aromatic rings. The Labute approximate surface area is 131 Å². The molecule has 2 rings (SSSR count). The Morgan fingerprint density at radius 1 is 0.810 bits per heavy atom. The molecule has 0 amide bonds. The van der Waals surface area contributed by atoms with Crippen molar-refractivity contribution in [2.75, 3.05) is 25.9 Å². The lowest BCUT2D eigenvalue weighted by Gasteiger charge is -2.50. The highest BCUT2D eigenvalue weighted by Gasteiger charge is 2.48. The number of rotatable bonds is 1. The Morgan fingerprint density at radius 3 is 1.62 bits per heavy atom. The standard InChI is InChI=1S/C18H32N2P/c1-17(2,3)19-13-20(18(4,5)6)15-21(7,14-19)16-11-9-8-10-12-16/h8-12H,13-15H2,1-7H3/q+1. The largest absolute Gasteiger partial charge is 0.253 e. The van der Waals surface area contributed by atoms with E-state index in [1.807, 2.05) is 0 Å². The summed E-state index contributed by atoms with van der Waals surface area (Å²) in [4.78, 5) is 5.34. The zero-order valence-electron chi connectivity index (χ0n) is 14.8. The fourth-order valence-electron chi connectivity index (χ4n) is 2.89. The smallest absolute Gasteiger partial charge is 0.119 e. The van der Waals surface area contributed by atoms with Crippen molar-refractivity contribution in [1.29, 1.82) is 0 Å². The van der Waals surface area contributed by atoms with Crippen LogP contribution in [0.4, 0.5) is 0 Å². The van der Waals surface area contributed by atoms with Gasteiger partial charge in [-0.2, -0.15) is 0 Å². The first-order valence-electron chi connectivity index (χ1n) is 7.93. The summed E-state index contributed by atoms with van der Waals surface area (Å²) < 4.78 is 0. The highest BCUT2D eigenvalue weighted by molar-refractivity contribution is 7.82. The van der Waals surface area contributed by atoms with Crippen LogP contribution in [-0.2, 0) is 0 Å². The van der Waals surface area contributed by atoms with E-state index in [0.29, 0.717) is 0 Å². The highest BCUT2D eigenvalue weighted by atomic mass is 31.2. The van der Waals surface area contributed by atoms with E-state index in [0.717, 1.165) is 6.67 Å². The van der Waals surface area contributed by atoms with E-state index in [9.17, 15) is 0 Å². The molecule has 0 unspecified atom stereocenters. The Bertz CT molecular complexity index is 448. The maximum absolute atomic E-state index is 2.67. The van der Waals surface area contributed by atoms with Crippen LogP contribution < -0.4 is 5.30 Å². The first-order valence-corrected chi connectivity index (χ1v) is 10.5. The molecule has 0 bridgehead atoms. The molecule has 0 atom stereocenters. The van der Waals surface area contributed by atoms with Gasteiger partial charge in [0.05, 0.1) is 25.9 Å². The van der Waals surface area contributed by atoms with Gasteiger partial charge in [-0.3, -0.25) is 9.80 Å². The van der Waals surface area contributed by atoms with Crippen molar-refractivity contribution in [1.82, 2.24) is 9.80 Å². The van der Waals surface area contributed by atoms with E-state index < -0.39 is 7.26 Å². The first-order chi connectivity index (χ1) is 9.52. The van der Waals surface area contributed by atoms with Crippen molar-refractivity contribution in [2.45, 2.75) is 52.6 Å². The predicted molar refractivity (Wildman–Crippen MR) is 96.7 cm³/mol. The van der Waals surface area contributed by atoms with Gasteiger partial charge in [-0.05, 0) is 53.7 Å². The number of hydrogen-bond acceptors (Lipinski definition) is 2. The molecule has 118 valence electrons. The lowest BCUT2D eigenvalue weighted by molar-refractivity contribution is 0.0249. The van der Waals surface area contributed by atoms with Crippen LogP contribution in [0.3, 0.4) is 0 Å². The molecule has 1 aromatic carbocycles. The molecule has 2 nitrogen and oxygen atoms in total. The summed E-state index contributed by atoms with van der Waals surface area (Å²) in [6, 6.07) is 11.2. The third kappa shape index (κ3) is 3.86. The summed E-state index contributed by atoms with van der Waals surface area (Å²) in [6.07, 6.45) is 2.46. The van der Waals surface area contributed by atoms with Gasteiger partial charge in [0.25, 0.3) is 0 Å². The Kier molecular flexibility index (Phi) is 4.55. The van der Waals surface area contributed by atoms with Gasteiger partial charge >= 0.3 is 0 Å². The van der Waals surface area contributed by atoms with E-state index in [1.165, 1.54) is 12.6 Å². The van der Waals surface area contributed by atoms with Crippen LogP contribution in [0.1, 0.15) is 41.5 Å². The minimum atomic E-state index is -1.17. The lowest BCUT2D eigenvalue weighted by atomic mass is 10.1. The second kappa shape index (κ2) is 5.65. The maximum Gasteiger partial charge on any atom is 0.119 e. The zero-order chi connectivity index (χ0) is 15.9. The van der Waals surface area contributed by atoms with Crippen LogP contribution in [-0.4, -0.2) is 46.8 Å². The van der Waals surface area contributed by atoms with E-state index in [-0.39, 0.29) is 11.1 Å². The third-order valence-electron chi connectivity index (χ3n) is 4.58. The average Bonchev–Trinajstić information content (AvgIpc) is 2.37. The Morgan fingerprint density at radius 2 is 1.24 bits per heavy atom. The minimum absolute atomic E-state index is 0.222. The monoisotopic (exact) mass is 307 g/mol. The van der Waals surface area contributed by atoms with Crippen molar-refractivity contribution in [3.8, 4) is 0 Å². The quantitative estimate of drug-likeness (QED) is 0.722. The fourth-order valence-corrected chi connectivity index (χ4v) is 6.74. The molecule has 0 aliphatic carbocycles. The van der Waals surface area contributed by atoms with E-state index >= 15 is 0 Å². The molecular formula is C18H32N2P+. The SMILES string of the molecule is CC(C)(C)N1CN(C(C)(C)C)C[P+](C)(c2ccccc2)C1. The molecule has 3 heteroatoms. The molecule has 1 aliphatic heterocycles. The summed E-state index contributed by atoms with van der Waals surface area (Å²) in [5, 5.41) is 1.56. The van der Waals surface area contributed by atoms with E-state index in [4.69, 9.17) is 0 Å². The molecule has 1 heterocycles. The fraction of sp³-hybridized carbons (Fsp3) is 0.667. The van der Waals surface area contributed by atoms with Crippen LogP contribution in [0.25, 0.3) is 0 Å². The van der Waals surface area contributed by atoms with Crippen LogP contribution >= 0.6 is 7.26 Å². The highest BCUT2D eigenvalue weighted by Crippen LogP contribution is 2.58. The van der Waals surface area contributed by atoms with Crippen LogP contribution in [0.15, 0.2) is 30.3 Å². The maximum atomic E-state index is 2.67. The molecule has 0 aromatic heterocycles. The van der Waals surface area contributed by atoms with Gasteiger partial charge in [-0.15, -0.1) is 0 Å². The minimum Gasteiger partial charge on any atom is -0.253 e. The lowest BCUT2D eigenvalue weighted by Crippen LogP contribution is -2.59. The first kappa shape index (κ1) is 16.9. The van der Waals surface area contributed by atoms with Crippen LogP contribution in [0.2, 0.25) is 0 Å². The van der Waals surface area contributed by atoms with Crippen molar-refractivity contribution in [2.24, 2.45) is 0 Å². The summed E-state index contributed by atoms with van der Waals surface area (Å²) in [6.45, 7) is 17.7. The summed E-state index contributed by atoms with van der Waals surface area (Å²) >= 11 is 0. The molecule has 0 spiro atoms. The molecule has 0 N–H and O–H groups in total. The van der Waals surface area contributed by atoms with Gasteiger partial charge in [-0.1, -0.05) is 18.2 Å². The Hall–Kier alpha value is -0.430. The molecule has 0 saturated carbocycles. The van der Waals surface area contributed by atoms with Crippen molar-refractivity contribution >= 4 is 12.6 Å². The number of benzene rings is 1. The summed E-state index contributed by atoms with van der Waals surface area (Å²) in [7, 11) is -1.17. The molecule has 1 aliphatic rings. The molecule has 0 radical (unpaired) electrons. The molecule has 21 heavy (non-hydrogen) atoms. The van der Waals surface area contributed by atoms with Gasteiger partial charge in [0.1, 0.15) is 12.6 Å². The van der Waals surface area contributed by atoms with E-state index in [1.54, 1.807) is 5.30 Å². The van der Waals surface area contributed by atoms with Crippen LogP contribution in [0.5, 0.6) is 0 Å². The zero-order valence-corrected chi connectivity index (χ0v) is 15.7. The topological polar surface area (TPSA) is 6.48 Å². The number of nitrogens with zero attached hydrogens (tertiary/aromatic N) is 2. The van der Waals surface area contributed by atoms with E-state index in [2.05, 4.69) is 88.3 Å². The summed E-state index contributed by atoms with van der Waals surface area (Å²) in [5.41, 5.74) is 0.444. The van der Waals surface area contributed by atoms with Crippen molar-refractivity contribution in [3.05, 3.63) is 30.3 Å². The normalized spacial score (nSPS) is 21.5. The average molecular weight is 307 g/mol. The number of hydrogen-bond donors (Lipinski definition) is 0. The predicted octanol–water partition coefficient (Wildman–Crippen LogP) is 4.05. The summed E-state index contributed by atoms with van der Waals surface area (Å²) in [5.74, 6) is 0. The second-order valence-electron chi connectivity index (χ2n) is 8.58. The van der Waals surface area contributed by atoms with Crippen LogP contribution in [0, 0.1) is 0 Å². The molecule has 1 fully saturated rings. The van der Waals surface area contributed by atoms with Gasteiger partial charge in [0.2, 0.25) is 0 Å². The van der Waals surface area contributed by atoms with Gasteiger partial charge in [0.15, 0.2) is 0 Å². The van der Waals surface area contributed by atoms with Crippen molar-refractivity contribution < 1.29 is 0 Å². The Balaban J connectivity index is 2.37. The van der Waals surface area contributed by atoms with Gasteiger partial charge < -0.3 is 0 Å².